The molecule has 0 spiro atoms. The highest BCUT2D eigenvalue weighted by molar-refractivity contribution is 7.89. The van der Waals surface area contributed by atoms with Crippen LogP contribution in [-0.2, 0) is 90.3 Å². The number of sulfonamides is 1. The number of anilines is 1. The molecule has 0 radical (unpaired) electrons. The monoisotopic (exact) mass is 1390 g/mol. The number of nitrogens with one attached hydrogen (secondary N) is 6. The second-order valence-electron chi connectivity index (χ2n) is 28.3. The van der Waals surface area contributed by atoms with Crippen LogP contribution in [-0.4, -0.2) is 245 Å². The molecule has 0 saturated carbocycles. The maximum atomic E-state index is 14.0. The Morgan fingerprint density at radius 2 is 1.06 bits per heavy atom. The van der Waals surface area contributed by atoms with E-state index in [2.05, 4.69) is 37.4 Å². The first-order valence-corrected chi connectivity index (χ1v) is 35.9. The number of nitrogens with zero attached hydrogens (tertiary/aromatic N) is 5. The van der Waals surface area contributed by atoms with Crippen LogP contribution in [0.15, 0.2) is 29.2 Å². The van der Waals surface area contributed by atoms with Crippen molar-refractivity contribution < 1.29 is 83.4 Å². The number of carbonyl (C=O) groups is 8. The number of unbranched alkanes of at least 4 members (excludes halogenated alkanes) is 1. The first-order chi connectivity index (χ1) is 44.5. The average Bonchev–Trinajstić information content (AvgIpc) is 0.794. The Bertz CT molecular complexity index is 3130. The molecular weight excluding hydrogens is 1290 g/mol. The fourth-order valence-electron chi connectivity index (χ4n) is 10.4. The van der Waals surface area contributed by atoms with E-state index in [1.165, 1.54) is 17.7 Å². The van der Waals surface area contributed by atoms with E-state index in [4.69, 9.17) is 28.7 Å². The molecule has 2 unspecified atom stereocenters. The number of rotatable bonds is 31. The van der Waals surface area contributed by atoms with E-state index in [9.17, 15) is 59.7 Å². The standard InChI is InChI=1S/C65H107N11O18S2/c1-45-37-49(38-46(2)58(45)96(88,89)72-50(61(84)94-65(12,13)14)39-69-53(78)21-16-15-20-48-24-23-47-19-17-25-67-59(47)70-48)90-36-18-22-52(77)66-26-27-68-60(83)51(44-95(85,86)87)71-54(79)40-73-28-30-74(41-55(80)91-62(3,4)5)32-34-76(43-57(82)93-64(9,10)11)35-33-75(31-29-73)42-56(81)92-63(6,7)8/h23-24,37-38,50-51,72H,15-22,25-36,39-44H2,1-14H3,(H,66,77)(H,67,70)(H,68,83)(H,69,78)(H,71,79)(H,85,86,87). The number of amides is 4. The van der Waals surface area contributed by atoms with Crippen molar-refractivity contribution in [3.8, 4) is 5.75 Å². The molecule has 1 fully saturated rings. The molecular formula is C65H107N11O18S2. The van der Waals surface area contributed by atoms with Crippen LogP contribution in [0, 0.1) is 13.8 Å². The van der Waals surface area contributed by atoms with Crippen molar-refractivity contribution in [2.24, 2.45) is 0 Å². The summed E-state index contributed by atoms with van der Waals surface area (Å²) in [5.41, 5.74) is -0.581. The number of hydrogen-bond donors (Lipinski definition) is 7. The molecule has 96 heavy (non-hydrogen) atoms. The van der Waals surface area contributed by atoms with Crippen LogP contribution in [0.25, 0.3) is 0 Å². The molecule has 1 aromatic heterocycles. The Hall–Kier alpha value is -6.61. The first kappa shape index (κ1) is 81.8. The summed E-state index contributed by atoms with van der Waals surface area (Å²) in [7, 11) is -9.23. The van der Waals surface area contributed by atoms with Gasteiger partial charge in [0.15, 0.2) is 0 Å². The van der Waals surface area contributed by atoms with E-state index in [-0.39, 0.29) is 122 Å². The van der Waals surface area contributed by atoms with E-state index in [0.29, 0.717) is 49.2 Å². The van der Waals surface area contributed by atoms with Crippen LogP contribution in [0.5, 0.6) is 5.75 Å². The van der Waals surface area contributed by atoms with Crippen molar-refractivity contribution in [1.29, 1.82) is 0 Å². The molecule has 2 atom stereocenters. The lowest BCUT2D eigenvalue weighted by Crippen LogP contribution is -2.54. The summed E-state index contributed by atoms with van der Waals surface area (Å²) in [5.74, 6) is -4.86. The smallest absolute Gasteiger partial charge is 0.326 e. The third-order valence-electron chi connectivity index (χ3n) is 14.4. The highest BCUT2D eigenvalue weighted by Gasteiger charge is 2.34. The van der Waals surface area contributed by atoms with E-state index < -0.39 is 102 Å². The van der Waals surface area contributed by atoms with Crippen LogP contribution in [0.4, 0.5) is 5.82 Å². The molecule has 3 heterocycles. The summed E-state index contributed by atoms with van der Waals surface area (Å²) in [6.45, 7) is 25.2. The summed E-state index contributed by atoms with van der Waals surface area (Å²) in [5, 5.41) is 13.6. The third kappa shape index (κ3) is 33.6. The number of esters is 4. The van der Waals surface area contributed by atoms with Crippen LogP contribution < -0.4 is 36.0 Å². The topological polar surface area (TPSA) is 369 Å². The van der Waals surface area contributed by atoms with Crippen molar-refractivity contribution in [3.05, 3.63) is 46.6 Å². The van der Waals surface area contributed by atoms with Crippen molar-refractivity contribution >= 4 is 73.5 Å². The van der Waals surface area contributed by atoms with Gasteiger partial charge in [-0.1, -0.05) is 6.07 Å². The Labute approximate surface area is 567 Å². The average molecular weight is 1390 g/mol. The molecule has 1 saturated heterocycles. The largest absolute Gasteiger partial charge is 0.494 e. The fraction of sp³-hybridized carbons (Fsp3) is 0.708. The Balaban J connectivity index is 1.31. The minimum Gasteiger partial charge on any atom is -0.494 e. The highest BCUT2D eigenvalue weighted by Crippen LogP contribution is 2.27. The summed E-state index contributed by atoms with van der Waals surface area (Å²) >= 11 is 0. The fourth-order valence-corrected chi connectivity index (χ4v) is 12.6. The van der Waals surface area contributed by atoms with Crippen molar-refractivity contribution in [1.82, 2.24) is 50.6 Å². The molecule has 0 aliphatic carbocycles. The van der Waals surface area contributed by atoms with Crippen LogP contribution in [0.1, 0.15) is 144 Å². The molecule has 29 nitrogen and oxygen atoms in total. The maximum absolute atomic E-state index is 14.0. The number of aromatic nitrogens is 1. The van der Waals surface area contributed by atoms with Gasteiger partial charge >= 0.3 is 23.9 Å². The van der Waals surface area contributed by atoms with E-state index in [1.54, 1.807) is 102 Å². The molecule has 7 N–H and O–H groups in total. The summed E-state index contributed by atoms with van der Waals surface area (Å²) in [4.78, 5) is 118. The van der Waals surface area contributed by atoms with E-state index >= 15 is 0 Å². The van der Waals surface area contributed by atoms with E-state index in [0.717, 1.165) is 30.9 Å². The quantitative estimate of drug-likeness (QED) is 0.0247. The number of fused-ring (bicyclic) bond motifs is 1. The van der Waals surface area contributed by atoms with Crippen molar-refractivity contribution in [2.75, 3.05) is 122 Å². The predicted octanol–water partition coefficient (Wildman–Crippen LogP) is 2.59. The second-order valence-corrected chi connectivity index (χ2v) is 31.4. The van der Waals surface area contributed by atoms with Crippen LogP contribution >= 0.6 is 0 Å². The minimum absolute atomic E-state index is 0.0303. The van der Waals surface area contributed by atoms with Gasteiger partial charge < -0.3 is 50.3 Å². The van der Waals surface area contributed by atoms with Crippen molar-refractivity contribution in [3.63, 3.8) is 0 Å². The Morgan fingerprint density at radius 3 is 1.55 bits per heavy atom. The molecule has 1 aromatic carbocycles. The summed E-state index contributed by atoms with van der Waals surface area (Å²) in [6.07, 6.45) is 4.29. The first-order valence-electron chi connectivity index (χ1n) is 32.8. The maximum Gasteiger partial charge on any atom is 0.326 e. The molecule has 4 amide bonds. The zero-order valence-corrected chi connectivity index (χ0v) is 60.4. The molecule has 2 aromatic rings. The minimum atomic E-state index is -4.84. The highest BCUT2D eigenvalue weighted by atomic mass is 32.2. The molecule has 2 aliphatic rings. The molecule has 31 heteroatoms. The zero-order valence-electron chi connectivity index (χ0n) is 58.8. The summed E-state index contributed by atoms with van der Waals surface area (Å²) in [6, 6.07) is 3.85. The lowest BCUT2D eigenvalue weighted by molar-refractivity contribution is -0.158. The number of pyridine rings is 1. The van der Waals surface area contributed by atoms with Gasteiger partial charge in [0.1, 0.15) is 51.8 Å². The summed E-state index contributed by atoms with van der Waals surface area (Å²) < 4.78 is 93.0. The number of benzene rings is 1. The lowest BCUT2D eigenvalue weighted by Gasteiger charge is -2.34. The third-order valence-corrected chi connectivity index (χ3v) is 17.0. The van der Waals surface area contributed by atoms with Gasteiger partial charge in [-0.2, -0.15) is 13.1 Å². The molecule has 2 aliphatic heterocycles. The van der Waals surface area contributed by atoms with Gasteiger partial charge in [-0.05, 0) is 170 Å². The van der Waals surface area contributed by atoms with Gasteiger partial charge in [0, 0.05) is 97.1 Å². The zero-order chi connectivity index (χ0) is 71.8. The number of ether oxygens (including phenoxy) is 5. The molecule has 542 valence electrons. The molecule has 0 bridgehead atoms. The number of carbonyl (C=O) groups excluding carboxylic acids is 8. The van der Waals surface area contributed by atoms with Crippen LogP contribution in [0.2, 0.25) is 0 Å². The van der Waals surface area contributed by atoms with E-state index in [1.807, 2.05) is 20.8 Å². The second kappa shape index (κ2) is 37.4. The number of aryl methyl sites for hydroxylation is 4. The van der Waals surface area contributed by atoms with Gasteiger partial charge in [0.2, 0.25) is 33.7 Å². The van der Waals surface area contributed by atoms with Gasteiger partial charge in [0.05, 0.1) is 37.7 Å². The van der Waals surface area contributed by atoms with Crippen LogP contribution in [0.3, 0.4) is 0 Å². The van der Waals surface area contributed by atoms with Gasteiger partial charge in [-0.3, -0.25) is 62.5 Å². The van der Waals surface area contributed by atoms with Gasteiger partial charge in [-0.15, -0.1) is 0 Å². The van der Waals surface area contributed by atoms with Gasteiger partial charge in [-0.25, -0.2) is 13.4 Å². The Kier molecular flexibility index (Phi) is 31.9. The normalized spacial score (nSPS) is 16.0. The number of hydrogen-bond acceptors (Lipinski definition) is 23. The van der Waals surface area contributed by atoms with Gasteiger partial charge in [0.25, 0.3) is 10.1 Å². The lowest BCUT2D eigenvalue weighted by atomic mass is 10.1. The Morgan fingerprint density at radius 1 is 0.594 bits per heavy atom. The SMILES string of the molecule is Cc1cc(OCCCC(=O)NCCNC(=O)C(CS(=O)(=O)O)NC(=O)CN2CCN(CC(=O)OC(C)(C)C)CCN(CC(=O)OC(C)(C)C)CCN(CC(=O)OC(C)(C)C)CC2)cc(C)c1S(=O)(=O)NC(CNC(=O)CCCCc1ccc2c(n1)NCCC2)C(=O)OC(C)(C)C. The predicted molar refractivity (Wildman–Crippen MR) is 360 cm³/mol. The van der Waals surface area contributed by atoms with Crippen molar-refractivity contribution in [2.45, 2.75) is 188 Å². The molecule has 4 rings (SSSR count).